The molecule has 0 saturated carbocycles. The molecule has 2 fully saturated rings. The van der Waals surface area contributed by atoms with Gasteiger partial charge in [0.05, 0.1) is 24.7 Å². The molecule has 0 spiro atoms. The summed E-state index contributed by atoms with van der Waals surface area (Å²) in [6.45, 7) is 3.71. The highest BCUT2D eigenvalue weighted by molar-refractivity contribution is 7.07. The smallest absolute Gasteiger partial charge is 0.233 e. The fourth-order valence-corrected chi connectivity index (χ4v) is 3.77. The number of rotatable bonds is 2. The first kappa shape index (κ1) is 13.1. The molecule has 3 atom stereocenters. The van der Waals surface area contributed by atoms with Crippen molar-refractivity contribution in [2.45, 2.75) is 31.8 Å². The molecule has 0 bridgehead atoms. The number of nitrogens with zero attached hydrogens (tertiary/aromatic N) is 1. The van der Waals surface area contributed by atoms with Crippen LogP contribution in [0.2, 0.25) is 0 Å². The highest BCUT2D eigenvalue weighted by atomic mass is 32.1. The molecular weight excluding hydrogens is 260 g/mol. The minimum absolute atomic E-state index is 0.159. The second-order valence-electron chi connectivity index (χ2n) is 5.75. The molecule has 0 aliphatic carbocycles. The van der Waals surface area contributed by atoms with Gasteiger partial charge in [0.15, 0.2) is 0 Å². The van der Waals surface area contributed by atoms with Gasteiger partial charge in [-0.05, 0) is 42.2 Å². The van der Waals surface area contributed by atoms with Crippen LogP contribution in [0.5, 0.6) is 0 Å². The van der Waals surface area contributed by atoms with Crippen molar-refractivity contribution in [2.24, 2.45) is 11.1 Å². The molecule has 3 heterocycles. The summed E-state index contributed by atoms with van der Waals surface area (Å²) in [5, 5.41) is 4.21. The standard InChI is InChI=1S/C14H20N2O2S/c1-14(9-18-7-12(14)15)13(17)16-5-2-3-11(16)10-4-6-19-8-10/h4,6,8,11-12H,2-3,5,7,9,15H2,1H3. The molecule has 0 aromatic carbocycles. The average molecular weight is 280 g/mol. The largest absolute Gasteiger partial charge is 0.379 e. The Morgan fingerprint density at radius 2 is 2.47 bits per heavy atom. The van der Waals surface area contributed by atoms with Gasteiger partial charge in [-0.15, -0.1) is 0 Å². The average Bonchev–Trinajstić information content (AvgIpc) is 3.10. The summed E-state index contributed by atoms with van der Waals surface area (Å²) in [5.41, 5.74) is 6.77. The third-order valence-corrected chi connectivity index (χ3v) is 5.15. The van der Waals surface area contributed by atoms with E-state index in [9.17, 15) is 4.79 Å². The first-order valence-corrected chi connectivity index (χ1v) is 7.74. The van der Waals surface area contributed by atoms with E-state index < -0.39 is 5.41 Å². The first-order valence-electron chi connectivity index (χ1n) is 6.79. The molecule has 1 aromatic rings. The Balaban J connectivity index is 1.83. The molecular formula is C14H20N2O2S. The molecule has 2 aliphatic rings. The normalized spacial score (nSPS) is 34.9. The Labute approximate surface area is 117 Å². The van der Waals surface area contributed by atoms with E-state index in [0.29, 0.717) is 13.2 Å². The Bertz CT molecular complexity index is 462. The number of likely N-dealkylation sites (tertiary alicyclic amines) is 1. The number of hydrogen-bond acceptors (Lipinski definition) is 4. The van der Waals surface area contributed by atoms with Crippen LogP contribution < -0.4 is 5.73 Å². The third-order valence-electron chi connectivity index (χ3n) is 4.45. The quantitative estimate of drug-likeness (QED) is 0.898. The fraction of sp³-hybridized carbons (Fsp3) is 0.643. The Hall–Kier alpha value is -0.910. The predicted octanol–water partition coefficient (Wildman–Crippen LogP) is 1.78. The zero-order chi connectivity index (χ0) is 13.5. The van der Waals surface area contributed by atoms with E-state index in [0.717, 1.165) is 19.4 Å². The van der Waals surface area contributed by atoms with Crippen LogP contribution in [-0.4, -0.2) is 36.6 Å². The van der Waals surface area contributed by atoms with Crippen LogP contribution in [0.15, 0.2) is 16.8 Å². The molecule has 0 radical (unpaired) electrons. The molecule has 3 rings (SSSR count). The van der Waals surface area contributed by atoms with E-state index in [1.807, 2.05) is 11.8 Å². The van der Waals surface area contributed by atoms with Gasteiger partial charge in [0.2, 0.25) is 5.91 Å². The first-order chi connectivity index (χ1) is 9.13. The lowest BCUT2D eigenvalue weighted by Gasteiger charge is -2.34. The van der Waals surface area contributed by atoms with Crippen molar-refractivity contribution in [3.8, 4) is 0 Å². The van der Waals surface area contributed by atoms with Crippen molar-refractivity contribution in [2.75, 3.05) is 19.8 Å². The molecule has 3 unspecified atom stereocenters. The lowest BCUT2D eigenvalue weighted by molar-refractivity contribution is -0.142. The van der Waals surface area contributed by atoms with E-state index in [1.54, 1.807) is 11.3 Å². The van der Waals surface area contributed by atoms with Crippen LogP contribution in [0.4, 0.5) is 0 Å². The van der Waals surface area contributed by atoms with Crippen molar-refractivity contribution in [3.63, 3.8) is 0 Å². The summed E-state index contributed by atoms with van der Waals surface area (Å²) in [6.07, 6.45) is 2.12. The number of carbonyl (C=O) groups is 1. The highest BCUT2D eigenvalue weighted by Crippen LogP contribution is 2.38. The van der Waals surface area contributed by atoms with Gasteiger partial charge in [0.1, 0.15) is 0 Å². The Kier molecular flexibility index (Phi) is 3.37. The second-order valence-corrected chi connectivity index (χ2v) is 6.53. The van der Waals surface area contributed by atoms with Gasteiger partial charge in [-0.1, -0.05) is 0 Å². The van der Waals surface area contributed by atoms with Crippen LogP contribution in [0, 0.1) is 5.41 Å². The van der Waals surface area contributed by atoms with Crippen molar-refractivity contribution in [1.29, 1.82) is 0 Å². The summed E-state index contributed by atoms with van der Waals surface area (Å²) in [6, 6.07) is 2.15. The molecule has 2 N–H and O–H groups in total. The van der Waals surface area contributed by atoms with Crippen molar-refractivity contribution >= 4 is 17.2 Å². The van der Waals surface area contributed by atoms with Crippen LogP contribution in [0.1, 0.15) is 31.4 Å². The lowest BCUT2D eigenvalue weighted by atomic mass is 9.84. The third kappa shape index (κ3) is 2.10. The van der Waals surface area contributed by atoms with E-state index in [4.69, 9.17) is 10.5 Å². The highest BCUT2D eigenvalue weighted by Gasteiger charge is 2.48. The Morgan fingerprint density at radius 1 is 1.63 bits per heavy atom. The van der Waals surface area contributed by atoms with Gasteiger partial charge < -0.3 is 15.4 Å². The minimum Gasteiger partial charge on any atom is -0.379 e. The summed E-state index contributed by atoms with van der Waals surface area (Å²) >= 11 is 1.68. The second kappa shape index (κ2) is 4.89. The lowest BCUT2D eigenvalue weighted by Crippen LogP contribution is -2.51. The monoisotopic (exact) mass is 280 g/mol. The van der Waals surface area contributed by atoms with Crippen LogP contribution in [-0.2, 0) is 9.53 Å². The number of ether oxygens (including phenoxy) is 1. The minimum atomic E-state index is -0.557. The van der Waals surface area contributed by atoms with Gasteiger partial charge in [-0.25, -0.2) is 0 Å². The molecule has 5 heteroatoms. The number of nitrogens with two attached hydrogens (primary N) is 1. The van der Waals surface area contributed by atoms with Gasteiger partial charge in [0, 0.05) is 12.6 Å². The summed E-state index contributed by atoms with van der Waals surface area (Å²) in [5.74, 6) is 0.159. The molecule has 104 valence electrons. The van der Waals surface area contributed by atoms with Gasteiger partial charge in [-0.2, -0.15) is 11.3 Å². The van der Waals surface area contributed by atoms with Crippen LogP contribution >= 0.6 is 11.3 Å². The van der Waals surface area contributed by atoms with Gasteiger partial charge in [-0.3, -0.25) is 4.79 Å². The molecule has 2 saturated heterocycles. The van der Waals surface area contributed by atoms with E-state index in [1.165, 1.54) is 5.56 Å². The molecule has 2 aliphatic heterocycles. The van der Waals surface area contributed by atoms with E-state index >= 15 is 0 Å². The maximum atomic E-state index is 12.9. The van der Waals surface area contributed by atoms with Crippen molar-refractivity contribution in [3.05, 3.63) is 22.4 Å². The molecule has 4 nitrogen and oxygen atoms in total. The molecule has 1 aromatic heterocycles. The number of amides is 1. The maximum Gasteiger partial charge on any atom is 0.233 e. The predicted molar refractivity (Wildman–Crippen MR) is 74.9 cm³/mol. The fourth-order valence-electron chi connectivity index (χ4n) is 3.06. The van der Waals surface area contributed by atoms with Crippen LogP contribution in [0.3, 0.4) is 0 Å². The maximum absolute atomic E-state index is 12.9. The summed E-state index contributed by atoms with van der Waals surface area (Å²) < 4.78 is 5.41. The van der Waals surface area contributed by atoms with Crippen molar-refractivity contribution < 1.29 is 9.53 Å². The molecule has 19 heavy (non-hydrogen) atoms. The molecule has 1 amide bonds. The topological polar surface area (TPSA) is 55.6 Å². The zero-order valence-corrected chi connectivity index (χ0v) is 12.0. The summed E-state index contributed by atoms with van der Waals surface area (Å²) in [7, 11) is 0. The van der Waals surface area contributed by atoms with E-state index in [-0.39, 0.29) is 18.0 Å². The SMILES string of the molecule is CC1(C(=O)N2CCCC2c2ccsc2)COCC1N. The number of carbonyl (C=O) groups excluding carboxylic acids is 1. The summed E-state index contributed by atoms with van der Waals surface area (Å²) in [4.78, 5) is 14.9. The van der Waals surface area contributed by atoms with Gasteiger partial charge >= 0.3 is 0 Å². The van der Waals surface area contributed by atoms with E-state index in [2.05, 4.69) is 16.8 Å². The van der Waals surface area contributed by atoms with Crippen molar-refractivity contribution in [1.82, 2.24) is 4.90 Å². The van der Waals surface area contributed by atoms with Crippen LogP contribution in [0.25, 0.3) is 0 Å². The van der Waals surface area contributed by atoms with Gasteiger partial charge in [0.25, 0.3) is 0 Å². The zero-order valence-electron chi connectivity index (χ0n) is 11.2. The Morgan fingerprint density at radius 3 is 3.11 bits per heavy atom. The number of thiophene rings is 1. The number of hydrogen-bond donors (Lipinski definition) is 1.